The summed E-state index contributed by atoms with van der Waals surface area (Å²) in [5.41, 5.74) is 0.707. The highest BCUT2D eigenvalue weighted by Crippen LogP contribution is 2.32. The maximum Gasteiger partial charge on any atom is 0.262 e. The minimum absolute atomic E-state index is 0.00397. The van der Waals surface area contributed by atoms with Gasteiger partial charge in [0.2, 0.25) is 0 Å². The number of para-hydroxylation sites is 1. The topological polar surface area (TPSA) is 52.0 Å². The molecular formula is C18H22N2O2S. The van der Waals surface area contributed by atoms with Gasteiger partial charge in [0.25, 0.3) is 5.56 Å². The summed E-state index contributed by atoms with van der Waals surface area (Å²) in [7, 11) is 0. The number of rotatable bonds is 4. The minimum Gasteiger partial charge on any atom is -0.298 e. The van der Waals surface area contributed by atoms with E-state index in [-0.39, 0.29) is 16.9 Å². The van der Waals surface area contributed by atoms with Crippen molar-refractivity contribution >= 4 is 28.4 Å². The molecule has 0 aliphatic heterocycles. The number of carbonyl (C=O) groups is 1. The normalized spacial score (nSPS) is 19.9. The average molecular weight is 330 g/mol. The van der Waals surface area contributed by atoms with Crippen molar-refractivity contribution < 1.29 is 4.79 Å². The lowest BCUT2D eigenvalue weighted by Gasteiger charge is -2.23. The van der Waals surface area contributed by atoms with Gasteiger partial charge in [-0.15, -0.1) is 0 Å². The first-order chi connectivity index (χ1) is 11.1. The third kappa shape index (κ3) is 3.20. The van der Waals surface area contributed by atoms with Gasteiger partial charge < -0.3 is 0 Å². The van der Waals surface area contributed by atoms with Gasteiger partial charge in [0.1, 0.15) is 5.78 Å². The lowest BCUT2D eigenvalue weighted by atomic mass is 9.99. The predicted octanol–water partition coefficient (Wildman–Crippen LogP) is 3.97. The van der Waals surface area contributed by atoms with Crippen LogP contribution in [0.3, 0.4) is 0 Å². The van der Waals surface area contributed by atoms with Crippen LogP contribution in [0.4, 0.5) is 0 Å². The summed E-state index contributed by atoms with van der Waals surface area (Å²) in [6.45, 7) is 4.09. The monoisotopic (exact) mass is 330 g/mol. The number of aromatic nitrogens is 2. The zero-order valence-electron chi connectivity index (χ0n) is 13.6. The second-order valence-corrected chi connectivity index (χ2v) is 7.33. The molecule has 1 fully saturated rings. The fraction of sp³-hybridized carbons (Fsp3) is 0.500. The van der Waals surface area contributed by atoms with Crippen LogP contribution in [0.25, 0.3) is 10.9 Å². The van der Waals surface area contributed by atoms with Crippen LogP contribution in [0.1, 0.15) is 52.0 Å². The Morgan fingerprint density at radius 1 is 1.30 bits per heavy atom. The van der Waals surface area contributed by atoms with Gasteiger partial charge in [-0.1, -0.05) is 37.2 Å². The molecule has 1 saturated carbocycles. The van der Waals surface area contributed by atoms with Crippen molar-refractivity contribution in [2.75, 3.05) is 0 Å². The van der Waals surface area contributed by atoms with Crippen LogP contribution >= 0.6 is 11.8 Å². The lowest BCUT2D eigenvalue weighted by molar-refractivity contribution is -0.119. The first-order valence-electron chi connectivity index (χ1n) is 8.32. The van der Waals surface area contributed by atoms with Crippen molar-refractivity contribution in [3.8, 4) is 0 Å². The van der Waals surface area contributed by atoms with Crippen LogP contribution < -0.4 is 5.56 Å². The van der Waals surface area contributed by atoms with E-state index in [9.17, 15) is 9.59 Å². The Morgan fingerprint density at radius 2 is 2.09 bits per heavy atom. The molecule has 0 saturated heterocycles. The fourth-order valence-corrected chi connectivity index (χ4v) is 4.30. The first-order valence-corrected chi connectivity index (χ1v) is 9.20. The summed E-state index contributed by atoms with van der Waals surface area (Å²) in [5, 5.41) is 1.27. The van der Waals surface area contributed by atoms with E-state index in [0.717, 1.165) is 25.7 Å². The number of carbonyl (C=O) groups excluding carboxylic acids is 1. The van der Waals surface area contributed by atoms with E-state index < -0.39 is 0 Å². The molecule has 0 amide bonds. The number of Topliss-reactive ketones (excluding diaryl/α,β-unsaturated/α-hetero) is 1. The Hall–Kier alpha value is -1.62. The van der Waals surface area contributed by atoms with Gasteiger partial charge >= 0.3 is 0 Å². The third-order valence-corrected chi connectivity index (χ3v) is 5.84. The second-order valence-electron chi connectivity index (χ2n) is 6.16. The lowest BCUT2D eigenvalue weighted by Crippen LogP contribution is -2.28. The molecule has 3 rings (SSSR count). The average Bonchev–Trinajstić information content (AvgIpc) is 2.57. The molecule has 0 radical (unpaired) electrons. The molecule has 0 bridgehead atoms. The summed E-state index contributed by atoms with van der Waals surface area (Å²) in [6, 6.07) is 7.52. The Bertz CT molecular complexity index is 784. The molecule has 1 aromatic heterocycles. The number of hydrogen-bond acceptors (Lipinski definition) is 4. The molecule has 1 heterocycles. The number of nitrogens with zero attached hydrogens (tertiary/aromatic N) is 2. The van der Waals surface area contributed by atoms with Gasteiger partial charge in [-0.05, 0) is 38.3 Å². The van der Waals surface area contributed by atoms with Crippen molar-refractivity contribution in [1.29, 1.82) is 0 Å². The molecule has 0 spiro atoms. The van der Waals surface area contributed by atoms with E-state index in [1.165, 1.54) is 11.8 Å². The van der Waals surface area contributed by atoms with Crippen LogP contribution in [0, 0.1) is 0 Å². The van der Waals surface area contributed by atoms with E-state index >= 15 is 0 Å². The van der Waals surface area contributed by atoms with Crippen molar-refractivity contribution in [2.45, 2.75) is 62.4 Å². The molecular weight excluding hydrogens is 308 g/mol. The van der Waals surface area contributed by atoms with Gasteiger partial charge in [-0.25, -0.2) is 4.98 Å². The van der Waals surface area contributed by atoms with E-state index in [0.29, 0.717) is 28.3 Å². The molecule has 2 atom stereocenters. The van der Waals surface area contributed by atoms with Crippen LogP contribution in [0.2, 0.25) is 0 Å². The van der Waals surface area contributed by atoms with Gasteiger partial charge in [0.05, 0.1) is 16.2 Å². The molecule has 122 valence electrons. The Labute approximate surface area is 140 Å². The molecule has 0 N–H and O–H groups in total. The van der Waals surface area contributed by atoms with E-state index in [4.69, 9.17) is 4.98 Å². The van der Waals surface area contributed by atoms with E-state index in [1.807, 2.05) is 31.2 Å². The molecule has 1 aromatic carbocycles. The quantitative estimate of drug-likeness (QED) is 0.796. The van der Waals surface area contributed by atoms with Crippen molar-refractivity contribution in [3.05, 3.63) is 34.6 Å². The maximum absolute atomic E-state index is 12.9. The van der Waals surface area contributed by atoms with Crippen molar-refractivity contribution in [1.82, 2.24) is 9.55 Å². The maximum atomic E-state index is 12.9. The number of ketones is 1. The predicted molar refractivity (Wildman–Crippen MR) is 94.1 cm³/mol. The van der Waals surface area contributed by atoms with Gasteiger partial charge in [0.15, 0.2) is 5.16 Å². The van der Waals surface area contributed by atoms with E-state index in [1.54, 1.807) is 4.57 Å². The molecule has 2 aromatic rings. The van der Waals surface area contributed by atoms with Crippen LogP contribution in [0.15, 0.2) is 34.2 Å². The largest absolute Gasteiger partial charge is 0.298 e. The highest BCUT2D eigenvalue weighted by Gasteiger charge is 2.26. The zero-order valence-corrected chi connectivity index (χ0v) is 14.4. The summed E-state index contributed by atoms with van der Waals surface area (Å²) in [5.74, 6) is 0.291. The Balaban J connectivity index is 2.10. The van der Waals surface area contributed by atoms with Crippen LogP contribution in [0.5, 0.6) is 0 Å². The van der Waals surface area contributed by atoms with E-state index in [2.05, 4.69) is 6.92 Å². The molecule has 1 aliphatic rings. The summed E-state index contributed by atoms with van der Waals surface area (Å²) >= 11 is 1.47. The standard InChI is InChI=1S/C18H22N2O2S/c1-3-12(2)20-17(22)13-8-4-5-9-14(13)19-18(20)23-16-11-7-6-10-15(16)21/h4-5,8-9,12,16H,3,6-7,10-11H2,1-2H3/t12-,16+/m0/s1. The molecule has 0 unspecified atom stereocenters. The first kappa shape index (κ1) is 16.2. The number of fused-ring (bicyclic) bond motifs is 1. The van der Waals surface area contributed by atoms with Crippen LogP contribution in [-0.4, -0.2) is 20.6 Å². The molecule has 1 aliphatic carbocycles. The number of thioether (sulfide) groups is 1. The highest BCUT2D eigenvalue weighted by molar-refractivity contribution is 8.00. The SMILES string of the molecule is CC[C@H](C)n1c(S[C@@H]2CCCCC2=O)nc2ccccc2c1=O. The van der Waals surface area contributed by atoms with Gasteiger partial charge in [0, 0.05) is 12.5 Å². The van der Waals surface area contributed by atoms with Crippen LogP contribution in [-0.2, 0) is 4.79 Å². The number of benzene rings is 1. The Kier molecular flexibility index (Phi) is 4.85. The highest BCUT2D eigenvalue weighted by atomic mass is 32.2. The minimum atomic E-state index is -0.0629. The molecule has 5 heteroatoms. The Morgan fingerprint density at radius 3 is 2.83 bits per heavy atom. The van der Waals surface area contributed by atoms with Crippen molar-refractivity contribution in [3.63, 3.8) is 0 Å². The summed E-state index contributed by atoms with van der Waals surface area (Å²) in [4.78, 5) is 29.8. The van der Waals surface area contributed by atoms with Crippen molar-refractivity contribution in [2.24, 2.45) is 0 Å². The zero-order chi connectivity index (χ0) is 16.4. The van der Waals surface area contributed by atoms with Gasteiger partial charge in [-0.3, -0.25) is 14.2 Å². The second kappa shape index (κ2) is 6.87. The summed E-state index contributed by atoms with van der Waals surface area (Å²) < 4.78 is 1.77. The molecule has 4 nitrogen and oxygen atoms in total. The third-order valence-electron chi connectivity index (χ3n) is 4.55. The summed E-state index contributed by atoms with van der Waals surface area (Å²) in [6.07, 6.45) is 4.45. The molecule has 23 heavy (non-hydrogen) atoms. The van der Waals surface area contributed by atoms with Gasteiger partial charge in [-0.2, -0.15) is 0 Å². The number of hydrogen-bond donors (Lipinski definition) is 0. The smallest absolute Gasteiger partial charge is 0.262 e. The fourth-order valence-electron chi connectivity index (χ4n) is 2.98.